The Balaban J connectivity index is 1.52. The summed E-state index contributed by atoms with van der Waals surface area (Å²) in [5.41, 5.74) is 0.791. The third kappa shape index (κ3) is 4.32. The van der Waals surface area contributed by atoms with Gasteiger partial charge in [-0.05, 0) is 31.9 Å². The number of fused-ring (bicyclic) bond motifs is 1. The molecule has 0 spiro atoms. The van der Waals surface area contributed by atoms with Gasteiger partial charge in [-0.15, -0.1) is 0 Å². The monoisotopic (exact) mass is 365 g/mol. The van der Waals surface area contributed by atoms with Crippen molar-refractivity contribution in [1.82, 2.24) is 14.9 Å². The molecule has 3 rings (SSSR count). The zero-order valence-electron chi connectivity index (χ0n) is 14.4. The lowest BCUT2D eigenvalue weighted by Crippen LogP contribution is -2.49. The number of hydrogen-bond donors (Lipinski definition) is 2. The Morgan fingerprint density at radius 3 is 2.60 bits per heavy atom. The summed E-state index contributed by atoms with van der Waals surface area (Å²) in [6.07, 6.45) is 2.43. The van der Waals surface area contributed by atoms with E-state index in [0.717, 1.165) is 11.0 Å². The second-order valence-corrected chi connectivity index (χ2v) is 8.44. The third-order valence-corrected chi connectivity index (χ3v) is 5.78. The molecule has 1 aliphatic rings. The molecule has 25 heavy (non-hydrogen) atoms. The van der Waals surface area contributed by atoms with Gasteiger partial charge in [0.15, 0.2) is 0 Å². The zero-order chi connectivity index (χ0) is 18.0. The molecule has 7 nitrogen and oxygen atoms in total. The lowest BCUT2D eigenvalue weighted by molar-refractivity contribution is 0.223. The van der Waals surface area contributed by atoms with Crippen LogP contribution in [0.2, 0.25) is 0 Å². The van der Waals surface area contributed by atoms with Gasteiger partial charge in [0.1, 0.15) is 11.3 Å². The molecule has 2 aromatic rings. The van der Waals surface area contributed by atoms with Crippen LogP contribution >= 0.6 is 0 Å². The van der Waals surface area contributed by atoms with E-state index in [2.05, 4.69) is 10.6 Å². The van der Waals surface area contributed by atoms with Crippen LogP contribution < -0.4 is 10.6 Å². The van der Waals surface area contributed by atoms with Gasteiger partial charge in [0.05, 0.1) is 12.3 Å². The number of sulfonamides is 1. The van der Waals surface area contributed by atoms with Crippen LogP contribution in [0.15, 0.2) is 34.7 Å². The summed E-state index contributed by atoms with van der Waals surface area (Å²) in [4.78, 5) is 12.2. The van der Waals surface area contributed by atoms with Crippen molar-refractivity contribution in [3.63, 3.8) is 0 Å². The predicted molar refractivity (Wildman–Crippen MR) is 95.7 cm³/mol. The summed E-state index contributed by atoms with van der Waals surface area (Å²) < 4.78 is 30.2. The molecule has 1 fully saturated rings. The van der Waals surface area contributed by atoms with Crippen molar-refractivity contribution >= 4 is 27.0 Å². The molecular formula is C17H23N3O4S. The van der Waals surface area contributed by atoms with Crippen molar-refractivity contribution in [2.75, 3.05) is 19.3 Å². The molecule has 2 heterocycles. The van der Waals surface area contributed by atoms with Crippen LogP contribution in [0.5, 0.6) is 0 Å². The molecular weight excluding hydrogens is 342 g/mol. The van der Waals surface area contributed by atoms with Gasteiger partial charge in [0, 0.05) is 24.5 Å². The number of furan rings is 1. The summed E-state index contributed by atoms with van der Waals surface area (Å²) in [6.45, 7) is 2.73. The van der Waals surface area contributed by atoms with Crippen molar-refractivity contribution in [3.05, 3.63) is 36.1 Å². The van der Waals surface area contributed by atoms with Crippen molar-refractivity contribution in [2.45, 2.75) is 31.8 Å². The first-order valence-corrected chi connectivity index (χ1v) is 10.2. The van der Waals surface area contributed by atoms with Gasteiger partial charge in [-0.2, -0.15) is 0 Å². The maximum atomic E-state index is 12.2. The van der Waals surface area contributed by atoms with Crippen molar-refractivity contribution < 1.29 is 17.6 Å². The molecule has 0 unspecified atom stereocenters. The van der Waals surface area contributed by atoms with Crippen molar-refractivity contribution in [3.8, 4) is 0 Å². The van der Waals surface area contributed by atoms with Gasteiger partial charge in [-0.1, -0.05) is 18.2 Å². The average molecular weight is 365 g/mol. The third-order valence-electron chi connectivity index (χ3n) is 4.48. The minimum absolute atomic E-state index is 0.0270. The lowest BCUT2D eigenvalue weighted by Gasteiger charge is -2.30. The number of amides is 2. The highest BCUT2D eigenvalue weighted by atomic mass is 32.2. The number of para-hydroxylation sites is 1. The summed E-state index contributed by atoms with van der Waals surface area (Å²) in [7, 11) is -3.15. The quantitative estimate of drug-likeness (QED) is 0.869. The molecule has 1 saturated heterocycles. The number of nitrogens with zero attached hydrogens (tertiary/aromatic N) is 1. The maximum absolute atomic E-state index is 12.2. The highest BCUT2D eigenvalue weighted by molar-refractivity contribution is 7.88. The number of carbonyl (C=O) groups is 1. The van der Waals surface area contributed by atoms with Crippen LogP contribution in [0.3, 0.4) is 0 Å². The van der Waals surface area contributed by atoms with Crippen LogP contribution in [0.25, 0.3) is 11.0 Å². The van der Waals surface area contributed by atoms with Crippen LogP contribution in [-0.4, -0.2) is 44.1 Å². The van der Waals surface area contributed by atoms with Gasteiger partial charge in [0.2, 0.25) is 10.0 Å². The Bertz CT molecular complexity index is 821. The van der Waals surface area contributed by atoms with Gasteiger partial charge in [-0.3, -0.25) is 0 Å². The lowest BCUT2D eigenvalue weighted by atomic mass is 10.1. The van der Waals surface area contributed by atoms with Crippen molar-refractivity contribution in [2.24, 2.45) is 0 Å². The molecule has 0 saturated carbocycles. The number of carbonyl (C=O) groups excluding carboxylic acids is 1. The molecule has 2 N–H and O–H groups in total. The summed E-state index contributed by atoms with van der Waals surface area (Å²) in [5.74, 6) is 0.697. The smallest absolute Gasteiger partial charge is 0.315 e. The van der Waals surface area contributed by atoms with Gasteiger partial charge < -0.3 is 15.1 Å². The second-order valence-electron chi connectivity index (χ2n) is 6.46. The fraction of sp³-hybridized carbons (Fsp3) is 0.471. The Morgan fingerprint density at radius 2 is 1.96 bits per heavy atom. The highest BCUT2D eigenvalue weighted by Gasteiger charge is 2.26. The molecule has 1 atom stereocenters. The van der Waals surface area contributed by atoms with Crippen LogP contribution in [-0.2, 0) is 10.0 Å². The molecule has 0 radical (unpaired) electrons. The Kier molecular flexibility index (Phi) is 5.01. The standard InChI is InChI=1S/C17H23N3O4S/c1-12(16-11-13-5-3-4-6-15(13)24-16)18-17(21)19-14-7-9-20(10-8-14)25(2,22)23/h3-6,11-12,14H,7-10H2,1-2H3,(H2,18,19,21)/t12-/m0/s1. The van der Waals surface area contributed by atoms with Crippen LogP contribution in [0.1, 0.15) is 31.6 Å². The Hall–Kier alpha value is -2.06. The SMILES string of the molecule is C[C@H](NC(=O)NC1CCN(S(C)(=O)=O)CC1)c1cc2ccccc2o1. The number of benzene rings is 1. The van der Waals surface area contributed by atoms with E-state index in [1.54, 1.807) is 0 Å². The fourth-order valence-electron chi connectivity index (χ4n) is 3.04. The van der Waals surface area contributed by atoms with Gasteiger partial charge in [0.25, 0.3) is 0 Å². The molecule has 2 amide bonds. The van der Waals surface area contributed by atoms with Gasteiger partial charge >= 0.3 is 6.03 Å². The normalized spacial score (nSPS) is 18.2. The van der Waals surface area contributed by atoms with E-state index in [1.807, 2.05) is 37.3 Å². The zero-order valence-corrected chi connectivity index (χ0v) is 15.2. The molecule has 0 aliphatic carbocycles. The summed E-state index contributed by atoms with van der Waals surface area (Å²) in [5, 5.41) is 6.78. The van der Waals surface area contributed by atoms with E-state index in [-0.39, 0.29) is 18.1 Å². The molecule has 136 valence electrons. The molecule has 1 aromatic carbocycles. The first-order valence-electron chi connectivity index (χ1n) is 8.33. The van der Waals surface area contributed by atoms with E-state index in [0.29, 0.717) is 31.7 Å². The second kappa shape index (κ2) is 7.05. The minimum atomic E-state index is -3.15. The fourth-order valence-corrected chi connectivity index (χ4v) is 3.92. The maximum Gasteiger partial charge on any atom is 0.315 e. The number of rotatable bonds is 4. The van der Waals surface area contributed by atoms with E-state index in [1.165, 1.54) is 10.6 Å². The number of nitrogens with one attached hydrogen (secondary N) is 2. The molecule has 0 bridgehead atoms. The average Bonchev–Trinajstić information content (AvgIpc) is 2.98. The molecule has 1 aromatic heterocycles. The largest absolute Gasteiger partial charge is 0.459 e. The minimum Gasteiger partial charge on any atom is -0.459 e. The molecule has 8 heteroatoms. The van der Waals surface area contributed by atoms with Gasteiger partial charge in [-0.25, -0.2) is 17.5 Å². The number of urea groups is 1. The van der Waals surface area contributed by atoms with E-state index < -0.39 is 10.0 Å². The van der Waals surface area contributed by atoms with E-state index in [4.69, 9.17) is 4.42 Å². The topological polar surface area (TPSA) is 91.7 Å². The van der Waals surface area contributed by atoms with Crippen LogP contribution in [0, 0.1) is 0 Å². The summed E-state index contributed by atoms with van der Waals surface area (Å²) in [6, 6.07) is 9.06. The summed E-state index contributed by atoms with van der Waals surface area (Å²) >= 11 is 0. The number of hydrogen-bond acceptors (Lipinski definition) is 4. The van der Waals surface area contributed by atoms with Crippen molar-refractivity contribution in [1.29, 1.82) is 0 Å². The first-order chi connectivity index (χ1) is 11.8. The number of piperidine rings is 1. The predicted octanol–water partition coefficient (Wildman–Crippen LogP) is 2.22. The van der Waals surface area contributed by atoms with E-state index in [9.17, 15) is 13.2 Å². The Morgan fingerprint density at radius 1 is 1.28 bits per heavy atom. The first kappa shape index (κ1) is 17.8. The van der Waals surface area contributed by atoms with E-state index >= 15 is 0 Å². The molecule has 1 aliphatic heterocycles. The van der Waals surface area contributed by atoms with Crippen LogP contribution in [0.4, 0.5) is 4.79 Å². The highest BCUT2D eigenvalue weighted by Crippen LogP contribution is 2.23. The Labute approximate surface area is 147 Å².